The van der Waals surface area contributed by atoms with Gasteiger partial charge in [0.05, 0.1) is 19.3 Å². The number of benzene rings is 1. The number of guanidine groups is 1. The number of methoxy groups -OCH3 is 1. The zero-order chi connectivity index (χ0) is 18.1. The van der Waals surface area contributed by atoms with E-state index in [1.54, 1.807) is 25.5 Å². The average Bonchev–Trinajstić information content (AvgIpc) is 3.10. The van der Waals surface area contributed by atoms with Crippen molar-refractivity contribution in [1.29, 1.82) is 0 Å². The fraction of sp³-hybridized carbons (Fsp3) is 0.474. The molecular formula is C19H29IN4OS. The van der Waals surface area contributed by atoms with Gasteiger partial charge in [0.2, 0.25) is 0 Å². The number of aryl methyl sites for hydroxylation is 1. The van der Waals surface area contributed by atoms with E-state index >= 15 is 0 Å². The van der Waals surface area contributed by atoms with Crippen LogP contribution in [0.1, 0.15) is 42.5 Å². The molecule has 1 aromatic carbocycles. The molecular weight excluding hydrogens is 459 g/mol. The van der Waals surface area contributed by atoms with Crippen molar-refractivity contribution < 1.29 is 4.74 Å². The van der Waals surface area contributed by atoms with Gasteiger partial charge in [0, 0.05) is 19.0 Å². The standard InChI is InChI=1S/C19H28N4OS.HI/c1-14(2)17-13-25-18(23-17)12-22-19(20-3)21-10-6-8-15-7-5-9-16(11-15)24-4;/h5,7,9,11,13-14H,6,8,10,12H2,1-4H3,(H2,20,21,22);1H. The van der Waals surface area contributed by atoms with Crippen molar-refractivity contribution in [2.45, 2.75) is 39.2 Å². The van der Waals surface area contributed by atoms with Crippen LogP contribution in [0.15, 0.2) is 34.6 Å². The van der Waals surface area contributed by atoms with Gasteiger partial charge in [0.1, 0.15) is 10.8 Å². The third kappa shape index (κ3) is 7.49. The Kier molecular flexibility index (Phi) is 10.6. The topological polar surface area (TPSA) is 58.5 Å². The third-order valence-corrected chi connectivity index (χ3v) is 4.73. The third-order valence-electron chi connectivity index (χ3n) is 3.86. The fourth-order valence-electron chi connectivity index (χ4n) is 2.38. The molecule has 2 rings (SSSR count). The van der Waals surface area contributed by atoms with Crippen LogP contribution in [0.4, 0.5) is 0 Å². The number of nitrogens with one attached hydrogen (secondary N) is 2. The molecule has 0 atom stereocenters. The molecule has 0 bridgehead atoms. The number of aromatic nitrogens is 1. The largest absolute Gasteiger partial charge is 0.497 e. The number of rotatable bonds is 8. The highest BCUT2D eigenvalue weighted by Crippen LogP contribution is 2.17. The smallest absolute Gasteiger partial charge is 0.191 e. The molecule has 0 radical (unpaired) electrons. The van der Waals surface area contributed by atoms with E-state index in [0.717, 1.165) is 41.8 Å². The Hall–Kier alpha value is -1.35. The first-order chi connectivity index (χ1) is 12.1. The summed E-state index contributed by atoms with van der Waals surface area (Å²) < 4.78 is 5.26. The molecule has 144 valence electrons. The molecule has 1 aromatic heterocycles. The zero-order valence-corrected chi connectivity index (χ0v) is 19.1. The number of nitrogens with zero attached hydrogens (tertiary/aromatic N) is 2. The van der Waals surface area contributed by atoms with Gasteiger partial charge in [-0.25, -0.2) is 4.98 Å². The van der Waals surface area contributed by atoms with Gasteiger partial charge in [-0.2, -0.15) is 0 Å². The average molecular weight is 488 g/mol. The van der Waals surface area contributed by atoms with Crippen molar-refractivity contribution in [3.8, 4) is 5.75 Å². The normalized spacial score (nSPS) is 11.2. The molecule has 0 saturated carbocycles. The number of aliphatic imine (C=N–C) groups is 1. The van der Waals surface area contributed by atoms with E-state index in [-0.39, 0.29) is 24.0 Å². The Morgan fingerprint density at radius 2 is 2.12 bits per heavy atom. The predicted molar refractivity (Wildman–Crippen MR) is 121 cm³/mol. The molecule has 26 heavy (non-hydrogen) atoms. The second kappa shape index (κ2) is 12.1. The van der Waals surface area contributed by atoms with E-state index in [1.165, 1.54) is 5.56 Å². The van der Waals surface area contributed by atoms with E-state index in [1.807, 2.05) is 12.1 Å². The minimum absolute atomic E-state index is 0. The summed E-state index contributed by atoms with van der Waals surface area (Å²) in [6.07, 6.45) is 2.04. The molecule has 7 heteroatoms. The Morgan fingerprint density at radius 1 is 1.31 bits per heavy atom. The highest BCUT2D eigenvalue weighted by Gasteiger charge is 2.06. The van der Waals surface area contributed by atoms with Crippen molar-refractivity contribution in [2.75, 3.05) is 20.7 Å². The van der Waals surface area contributed by atoms with Crippen LogP contribution in [0.5, 0.6) is 5.75 Å². The van der Waals surface area contributed by atoms with Crippen LogP contribution in [0.2, 0.25) is 0 Å². The molecule has 0 spiro atoms. The van der Waals surface area contributed by atoms with Gasteiger partial charge in [-0.1, -0.05) is 26.0 Å². The van der Waals surface area contributed by atoms with Gasteiger partial charge in [0.25, 0.3) is 0 Å². The van der Waals surface area contributed by atoms with Crippen molar-refractivity contribution in [2.24, 2.45) is 4.99 Å². The zero-order valence-electron chi connectivity index (χ0n) is 15.9. The lowest BCUT2D eigenvalue weighted by atomic mass is 10.1. The highest BCUT2D eigenvalue weighted by atomic mass is 127. The molecule has 0 saturated heterocycles. The van der Waals surface area contributed by atoms with Crippen molar-refractivity contribution in [3.63, 3.8) is 0 Å². The number of hydrogen-bond acceptors (Lipinski definition) is 4. The lowest BCUT2D eigenvalue weighted by Crippen LogP contribution is -2.37. The number of ether oxygens (including phenoxy) is 1. The van der Waals surface area contributed by atoms with E-state index in [2.05, 4.69) is 52.0 Å². The summed E-state index contributed by atoms with van der Waals surface area (Å²) in [7, 11) is 3.49. The van der Waals surface area contributed by atoms with E-state index in [9.17, 15) is 0 Å². The van der Waals surface area contributed by atoms with Gasteiger partial charge >= 0.3 is 0 Å². The molecule has 0 aliphatic carbocycles. The summed E-state index contributed by atoms with van der Waals surface area (Å²) in [6, 6.07) is 8.21. The van der Waals surface area contributed by atoms with Crippen molar-refractivity contribution >= 4 is 41.3 Å². The minimum Gasteiger partial charge on any atom is -0.497 e. The van der Waals surface area contributed by atoms with Crippen LogP contribution < -0.4 is 15.4 Å². The Labute approximate surface area is 177 Å². The Morgan fingerprint density at radius 3 is 2.77 bits per heavy atom. The summed E-state index contributed by atoms with van der Waals surface area (Å²) in [5.41, 5.74) is 2.44. The predicted octanol–water partition coefficient (Wildman–Crippen LogP) is 4.19. The van der Waals surface area contributed by atoms with Crippen LogP contribution in [0, 0.1) is 0 Å². The van der Waals surface area contributed by atoms with Crippen LogP contribution in [-0.4, -0.2) is 31.6 Å². The second-order valence-electron chi connectivity index (χ2n) is 6.13. The van der Waals surface area contributed by atoms with Crippen LogP contribution in [-0.2, 0) is 13.0 Å². The SMILES string of the molecule is CN=C(NCCCc1cccc(OC)c1)NCc1nc(C(C)C)cs1.I. The summed E-state index contributed by atoms with van der Waals surface area (Å²) in [6.45, 7) is 5.89. The number of halogens is 1. The van der Waals surface area contributed by atoms with Crippen LogP contribution in [0.3, 0.4) is 0 Å². The first kappa shape index (κ1) is 22.7. The van der Waals surface area contributed by atoms with Gasteiger partial charge in [-0.15, -0.1) is 35.3 Å². The molecule has 0 unspecified atom stereocenters. The first-order valence-electron chi connectivity index (χ1n) is 8.64. The van der Waals surface area contributed by atoms with Gasteiger partial charge in [-0.05, 0) is 36.5 Å². The van der Waals surface area contributed by atoms with Crippen LogP contribution >= 0.6 is 35.3 Å². The summed E-state index contributed by atoms with van der Waals surface area (Å²) in [4.78, 5) is 8.90. The Balaban J connectivity index is 0.00000338. The lowest BCUT2D eigenvalue weighted by Gasteiger charge is -2.11. The lowest BCUT2D eigenvalue weighted by molar-refractivity contribution is 0.414. The highest BCUT2D eigenvalue weighted by molar-refractivity contribution is 14.0. The summed E-state index contributed by atoms with van der Waals surface area (Å²) in [5, 5.41) is 9.89. The van der Waals surface area contributed by atoms with E-state index < -0.39 is 0 Å². The van der Waals surface area contributed by atoms with Gasteiger partial charge < -0.3 is 15.4 Å². The first-order valence-corrected chi connectivity index (χ1v) is 9.52. The molecule has 2 aromatic rings. The van der Waals surface area contributed by atoms with E-state index in [0.29, 0.717) is 12.5 Å². The molecule has 2 N–H and O–H groups in total. The molecule has 0 aliphatic heterocycles. The molecule has 5 nitrogen and oxygen atoms in total. The molecule has 0 amide bonds. The van der Waals surface area contributed by atoms with Crippen molar-refractivity contribution in [1.82, 2.24) is 15.6 Å². The fourth-order valence-corrected chi connectivity index (χ4v) is 3.27. The second-order valence-corrected chi connectivity index (χ2v) is 7.07. The molecule has 1 heterocycles. The van der Waals surface area contributed by atoms with E-state index in [4.69, 9.17) is 4.74 Å². The quantitative estimate of drug-likeness (QED) is 0.253. The minimum atomic E-state index is 0. The summed E-state index contributed by atoms with van der Waals surface area (Å²) >= 11 is 1.69. The molecule has 0 aliphatic rings. The maximum absolute atomic E-state index is 5.26. The number of hydrogen-bond donors (Lipinski definition) is 2. The van der Waals surface area contributed by atoms with Crippen molar-refractivity contribution in [3.05, 3.63) is 45.9 Å². The maximum atomic E-state index is 5.26. The summed E-state index contributed by atoms with van der Waals surface area (Å²) in [5.74, 6) is 2.19. The van der Waals surface area contributed by atoms with Gasteiger partial charge in [-0.3, -0.25) is 4.99 Å². The van der Waals surface area contributed by atoms with Gasteiger partial charge in [0.15, 0.2) is 5.96 Å². The Bertz CT molecular complexity index is 688. The maximum Gasteiger partial charge on any atom is 0.191 e. The molecule has 0 fully saturated rings. The number of thiazole rings is 1. The monoisotopic (exact) mass is 488 g/mol. The van der Waals surface area contributed by atoms with Crippen LogP contribution in [0.25, 0.3) is 0 Å².